The van der Waals surface area contributed by atoms with E-state index in [1.54, 1.807) is 5.70 Å². The molecule has 0 radical (unpaired) electrons. The van der Waals surface area contributed by atoms with Crippen LogP contribution in [0.3, 0.4) is 0 Å². The van der Waals surface area contributed by atoms with Crippen molar-refractivity contribution in [2.24, 2.45) is 5.92 Å². The maximum absolute atomic E-state index is 3.42. The fourth-order valence-electron chi connectivity index (χ4n) is 1.85. The van der Waals surface area contributed by atoms with Gasteiger partial charge in [0, 0.05) is 31.7 Å². The molecule has 0 aromatic carbocycles. The minimum atomic E-state index is 0. The molecular weight excluding hydrogens is 211 g/mol. The monoisotopic (exact) mass is 225 g/mol. The van der Waals surface area contributed by atoms with Gasteiger partial charge in [0.1, 0.15) is 0 Å². The molecule has 1 atom stereocenters. The van der Waals surface area contributed by atoms with E-state index in [-0.39, 0.29) is 19.5 Å². The second-order valence-electron chi connectivity index (χ2n) is 3.00. The van der Waals surface area contributed by atoms with Gasteiger partial charge in [-0.3, -0.25) is 0 Å². The van der Waals surface area contributed by atoms with Gasteiger partial charge in [0.05, 0.1) is 0 Å². The van der Waals surface area contributed by atoms with Crippen LogP contribution in [0, 0.1) is 5.92 Å². The zero-order valence-corrected chi connectivity index (χ0v) is 7.78. The molecule has 2 rings (SSSR count). The molecule has 0 spiro atoms. The Morgan fingerprint density at radius 1 is 1.40 bits per heavy atom. The first-order chi connectivity index (χ1) is 4.47. The van der Waals surface area contributed by atoms with E-state index in [1.165, 1.54) is 32.2 Å². The van der Waals surface area contributed by atoms with E-state index in [4.69, 9.17) is 0 Å². The molecule has 0 aromatic heterocycles. The quantitative estimate of drug-likeness (QED) is 0.617. The van der Waals surface area contributed by atoms with Crippen LogP contribution in [0.1, 0.15) is 25.7 Å². The molecule has 1 saturated heterocycles. The van der Waals surface area contributed by atoms with Crippen LogP contribution in [0.25, 0.3) is 0 Å². The van der Waals surface area contributed by atoms with Crippen LogP contribution < -0.4 is 5.32 Å². The molecule has 1 aliphatic heterocycles. The smallest absolute Gasteiger partial charge is 0.0150 e. The zero-order valence-electron chi connectivity index (χ0n) is 6.04. The summed E-state index contributed by atoms with van der Waals surface area (Å²) < 4.78 is 0. The van der Waals surface area contributed by atoms with Gasteiger partial charge in [-0.25, -0.2) is 0 Å². The first-order valence-electron chi connectivity index (χ1n) is 3.91. The number of allylic oxidation sites excluding steroid dienone is 2. The third-order valence-corrected chi connectivity index (χ3v) is 2.38. The maximum Gasteiger partial charge on any atom is 0.0150 e. The van der Waals surface area contributed by atoms with Gasteiger partial charge in [0.2, 0.25) is 0 Å². The molecule has 0 aromatic rings. The predicted molar refractivity (Wildman–Crippen MR) is 38.0 cm³/mol. The van der Waals surface area contributed by atoms with E-state index in [0.29, 0.717) is 0 Å². The maximum atomic E-state index is 3.42. The summed E-state index contributed by atoms with van der Waals surface area (Å²) in [7, 11) is 0. The SMILES string of the molecule is C1=C2NCCC2CCC1.[Ru]. The van der Waals surface area contributed by atoms with Gasteiger partial charge in [0.25, 0.3) is 0 Å². The van der Waals surface area contributed by atoms with Crippen molar-refractivity contribution in [2.75, 3.05) is 6.54 Å². The third-order valence-electron chi connectivity index (χ3n) is 2.38. The number of rotatable bonds is 0. The second kappa shape index (κ2) is 3.52. The summed E-state index contributed by atoms with van der Waals surface area (Å²) in [5, 5.41) is 3.42. The average molecular weight is 224 g/mol. The van der Waals surface area contributed by atoms with E-state index in [0.717, 1.165) is 5.92 Å². The molecule has 0 amide bonds. The molecule has 2 heteroatoms. The van der Waals surface area contributed by atoms with Gasteiger partial charge in [-0.1, -0.05) is 6.08 Å². The van der Waals surface area contributed by atoms with Crippen LogP contribution in [-0.2, 0) is 19.5 Å². The Labute approximate surface area is 75.0 Å². The molecule has 0 bridgehead atoms. The molecule has 1 unspecified atom stereocenters. The third kappa shape index (κ3) is 1.42. The number of nitrogens with one attached hydrogen (secondary N) is 1. The number of hydrogen-bond donors (Lipinski definition) is 1. The van der Waals surface area contributed by atoms with Crippen LogP contribution in [0.5, 0.6) is 0 Å². The van der Waals surface area contributed by atoms with Crippen molar-refractivity contribution in [3.05, 3.63) is 11.8 Å². The van der Waals surface area contributed by atoms with Gasteiger partial charge in [0.15, 0.2) is 0 Å². The van der Waals surface area contributed by atoms with Crippen LogP contribution in [-0.4, -0.2) is 6.54 Å². The first kappa shape index (κ1) is 8.26. The molecule has 1 fully saturated rings. The van der Waals surface area contributed by atoms with E-state index in [9.17, 15) is 0 Å². The van der Waals surface area contributed by atoms with Gasteiger partial charge < -0.3 is 5.32 Å². The van der Waals surface area contributed by atoms with Crippen molar-refractivity contribution in [3.63, 3.8) is 0 Å². The molecule has 0 saturated carbocycles. The molecule has 1 heterocycles. The zero-order chi connectivity index (χ0) is 6.10. The largest absolute Gasteiger partial charge is 0.388 e. The first-order valence-corrected chi connectivity index (χ1v) is 3.91. The van der Waals surface area contributed by atoms with E-state index >= 15 is 0 Å². The standard InChI is InChI=1S/C8H13N.Ru/c1-2-4-8-7(3-1)5-6-9-8;/h4,7,9H,1-3,5-6H2;. The summed E-state index contributed by atoms with van der Waals surface area (Å²) in [6.07, 6.45) is 7.90. The summed E-state index contributed by atoms with van der Waals surface area (Å²) in [6, 6.07) is 0. The number of fused-ring (bicyclic) bond motifs is 1. The van der Waals surface area contributed by atoms with Crippen LogP contribution in [0.15, 0.2) is 11.8 Å². The summed E-state index contributed by atoms with van der Waals surface area (Å²) in [4.78, 5) is 0. The number of hydrogen-bond acceptors (Lipinski definition) is 1. The summed E-state index contributed by atoms with van der Waals surface area (Å²) in [6.45, 7) is 1.22. The Kier molecular flexibility index (Phi) is 2.91. The molecular formula is C8H13NRu. The van der Waals surface area contributed by atoms with Crippen LogP contribution in [0.2, 0.25) is 0 Å². The normalized spacial score (nSPS) is 29.6. The molecule has 1 N–H and O–H groups in total. The minimum absolute atomic E-state index is 0. The van der Waals surface area contributed by atoms with Crippen molar-refractivity contribution in [2.45, 2.75) is 25.7 Å². The van der Waals surface area contributed by atoms with Crippen molar-refractivity contribution in [1.29, 1.82) is 0 Å². The van der Waals surface area contributed by atoms with Gasteiger partial charge >= 0.3 is 0 Å². The summed E-state index contributed by atoms with van der Waals surface area (Å²) in [5.74, 6) is 0.916. The Hall–Kier alpha value is 0.163. The Balaban J connectivity index is 0.000000500. The van der Waals surface area contributed by atoms with E-state index < -0.39 is 0 Å². The van der Waals surface area contributed by atoms with Crippen LogP contribution >= 0.6 is 0 Å². The molecule has 58 valence electrons. The van der Waals surface area contributed by atoms with Crippen molar-refractivity contribution >= 4 is 0 Å². The predicted octanol–water partition coefficient (Wildman–Crippen LogP) is 1.66. The molecule has 2 aliphatic rings. The molecule has 1 aliphatic carbocycles. The Morgan fingerprint density at radius 2 is 2.30 bits per heavy atom. The van der Waals surface area contributed by atoms with Crippen molar-refractivity contribution in [1.82, 2.24) is 5.32 Å². The van der Waals surface area contributed by atoms with Gasteiger partial charge in [-0.2, -0.15) is 0 Å². The fraction of sp³-hybridized carbons (Fsp3) is 0.750. The van der Waals surface area contributed by atoms with Crippen LogP contribution in [0.4, 0.5) is 0 Å². The van der Waals surface area contributed by atoms with E-state index in [1.807, 2.05) is 0 Å². The fourth-order valence-corrected chi connectivity index (χ4v) is 1.85. The Morgan fingerprint density at radius 3 is 3.10 bits per heavy atom. The Bertz CT molecular complexity index is 142. The average Bonchev–Trinajstić information content (AvgIpc) is 2.33. The van der Waals surface area contributed by atoms with Gasteiger partial charge in [-0.15, -0.1) is 0 Å². The summed E-state index contributed by atoms with van der Waals surface area (Å²) in [5.41, 5.74) is 1.54. The molecule has 1 nitrogen and oxygen atoms in total. The topological polar surface area (TPSA) is 12.0 Å². The minimum Gasteiger partial charge on any atom is -0.388 e. The summed E-state index contributed by atoms with van der Waals surface area (Å²) >= 11 is 0. The molecule has 10 heavy (non-hydrogen) atoms. The van der Waals surface area contributed by atoms with Crippen molar-refractivity contribution in [3.8, 4) is 0 Å². The van der Waals surface area contributed by atoms with E-state index in [2.05, 4.69) is 11.4 Å². The second-order valence-corrected chi connectivity index (χ2v) is 3.00. The van der Waals surface area contributed by atoms with Gasteiger partial charge in [-0.05, 0) is 31.6 Å². The van der Waals surface area contributed by atoms with Crippen molar-refractivity contribution < 1.29 is 19.5 Å².